The topological polar surface area (TPSA) is 20.5 Å². The molecule has 0 saturated heterocycles. The van der Waals surface area contributed by atoms with Crippen LogP contribution in [0.25, 0.3) is 0 Å². The number of rotatable bonds is 1. The van der Waals surface area contributed by atoms with Gasteiger partial charge in [-0.2, -0.15) is 4.99 Å². The molecule has 1 heterocycles. The predicted molar refractivity (Wildman–Crippen MR) is 85.0 cm³/mol. The van der Waals surface area contributed by atoms with Gasteiger partial charge in [-0.3, -0.25) is 4.57 Å². The summed E-state index contributed by atoms with van der Waals surface area (Å²) in [5.41, 5.74) is 0. The molecule has 0 bridgehead atoms. The number of thiocarbonyl (C=S) groups is 1. The van der Waals surface area contributed by atoms with Crippen molar-refractivity contribution < 1.29 is 0 Å². The van der Waals surface area contributed by atoms with E-state index in [-0.39, 0.29) is 0 Å². The molecule has 100 valence electrons. The van der Waals surface area contributed by atoms with Gasteiger partial charge in [0.1, 0.15) is 0 Å². The molecule has 2 rings (SSSR count). The van der Waals surface area contributed by atoms with Crippen molar-refractivity contribution in [3.05, 3.63) is 8.76 Å². The second kappa shape index (κ2) is 6.36. The standard InChI is InChI=1S/C11H17N3S4/c1-13(2)9(15)12-10-14(11(16)18-17-10)8-6-4-3-5-7-8/h8H,3-7H2,1-2H3. The van der Waals surface area contributed by atoms with Crippen molar-refractivity contribution in [2.75, 3.05) is 14.1 Å². The van der Waals surface area contributed by atoms with Crippen LogP contribution in [0.15, 0.2) is 4.99 Å². The largest absolute Gasteiger partial charge is 0.353 e. The average molecular weight is 320 g/mol. The maximum absolute atomic E-state index is 5.45. The fourth-order valence-electron chi connectivity index (χ4n) is 2.13. The molecule has 0 amide bonds. The molecule has 0 aliphatic heterocycles. The fraction of sp³-hybridized carbons (Fsp3) is 0.727. The van der Waals surface area contributed by atoms with Crippen molar-refractivity contribution >= 4 is 50.2 Å². The summed E-state index contributed by atoms with van der Waals surface area (Å²) in [5, 5.41) is 0.614. The van der Waals surface area contributed by atoms with Gasteiger partial charge in [-0.25, -0.2) is 0 Å². The molecule has 1 aliphatic rings. The van der Waals surface area contributed by atoms with Crippen LogP contribution in [0.5, 0.6) is 0 Å². The normalized spacial score (nSPS) is 18.0. The molecule has 7 heteroatoms. The summed E-state index contributed by atoms with van der Waals surface area (Å²) in [6.45, 7) is 0. The van der Waals surface area contributed by atoms with Crippen LogP contribution in [0.4, 0.5) is 0 Å². The molecule has 1 aromatic heterocycles. The van der Waals surface area contributed by atoms with E-state index in [1.54, 1.807) is 20.7 Å². The van der Waals surface area contributed by atoms with Gasteiger partial charge in [0.15, 0.2) is 9.07 Å². The quantitative estimate of drug-likeness (QED) is 0.583. The van der Waals surface area contributed by atoms with Crippen LogP contribution in [0.1, 0.15) is 38.1 Å². The van der Waals surface area contributed by atoms with Crippen molar-refractivity contribution in [1.29, 1.82) is 0 Å². The van der Waals surface area contributed by atoms with Gasteiger partial charge >= 0.3 is 0 Å². The van der Waals surface area contributed by atoms with E-state index >= 15 is 0 Å². The van der Waals surface area contributed by atoms with Crippen LogP contribution in [-0.4, -0.2) is 28.7 Å². The molecule has 18 heavy (non-hydrogen) atoms. The summed E-state index contributed by atoms with van der Waals surface area (Å²) in [7, 11) is 7.10. The smallest absolute Gasteiger partial charge is 0.204 e. The van der Waals surface area contributed by atoms with E-state index in [4.69, 9.17) is 24.4 Å². The van der Waals surface area contributed by atoms with Gasteiger partial charge < -0.3 is 4.90 Å². The third-order valence-electron chi connectivity index (χ3n) is 3.10. The monoisotopic (exact) mass is 319 g/mol. The molecule has 3 nitrogen and oxygen atoms in total. The summed E-state index contributed by atoms with van der Waals surface area (Å²) in [6.07, 6.45) is 6.37. The highest BCUT2D eigenvalue weighted by atomic mass is 32.9. The minimum absolute atomic E-state index is 0.525. The van der Waals surface area contributed by atoms with Crippen LogP contribution >= 0.6 is 45.1 Å². The van der Waals surface area contributed by atoms with Gasteiger partial charge in [0.2, 0.25) is 4.80 Å². The summed E-state index contributed by atoms with van der Waals surface area (Å²) in [4.78, 5) is 7.36. The minimum Gasteiger partial charge on any atom is -0.353 e. The van der Waals surface area contributed by atoms with E-state index in [1.807, 2.05) is 19.0 Å². The predicted octanol–water partition coefficient (Wildman–Crippen LogP) is 3.59. The molecule has 0 spiro atoms. The van der Waals surface area contributed by atoms with Crippen molar-refractivity contribution in [3.8, 4) is 0 Å². The highest BCUT2D eigenvalue weighted by Gasteiger charge is 2.17. The Hall–Kier alpha value is -0.110. The van der Waals surface area contributed by atoms with E-state index in [1.165, 1.54) is 32.1 Å². The Morgan fingerprint density at radius 1 is 1.28 bits per heavy atom. The Balaban J connectivity index is 2.38. The van der Waals surface area contributed by atoms with E-state index in [2.05, 4.69) is 9.56 Å². The first kappa shape index (κ1) is 14.3. The lowest BCUT2D eigenvalue weighted by Crippen LogP contribution is -2.26. The second-order valence-corrected chi connectivity index (χ2v) is 7.76. The highest BCUT2D eigenvalue weighted by Crippen LogP contribution is 2.28. The lowest BCUT2D eigenvalue weighted by Gasteiger charge is -2.22. The van der Waals surface area contributed by atoms with Crippen LogP contribution in [0.2, 0.25) is 0 Å². The molecule has 1 fully saturated rings. The van der Waals surface area contributed by atoms with Crippen molar-refractivity contribution in [3.63, 3.8) is 0 Å². The lowest BCUT2D eigenvalue weighted by molar-refractivity contribution is 0.347. The molecular weight excluding hydrogens is 302 g/mol. The van der Waals surface area contributed by atoms with Crippen molar-refractivity contribution in [2.24, 2.45) is 4.99 Å². The van der Waals surface area contributed by atoms with E-state index < -0.39 is 0 Å². The molecule has 0 N–H and O–H groups in total. The maximum Gasteiger partial charge on any atom is 0.204 e. The highest BCUT2D eigenvalue weighted by molar-refractivity contribution is 7.80. The van der Waals surface area contributed by atoms with E-state index in [0.29, 0.717) is 11.2 Å². The van der Waals surface area contributed by atoms with Crippen LogP contribution in [0, 0.1) is 3.95 Å². The number of nitrogens with zero attached hydrogens (tertiary/aromatic N) is 3. The summed E-state index contributed by atoms with van der Waals surface area (Å²) >= 11 is 10.7. The summed E-state index contributed by atoms with van der Waals surface area (Å²) < 4.78 is 3.16. The van der Waals surface area contributed by atoms with Gasteiger partial charge in [-0.15, -0.1) is 0 Å². The molecular formula is C11H17N3S4. The molecule has 0 aromatic carbocycles. The molecule has 0 unspecified atom stereocenters. The first-order valence-corrected chi connectivity index (χ1v) is 9.04. The third-order valence-corrected chi connectivity index (χ3v) is 6.35. The molecule has 1 aromatic rings. The zero-order valence-corrected chi connectivity index (χ0v) is 13.9. The van der Waals surface area contributed by atoms with Gasteiger partial charge in [0, 0.05) is 20.1 Å². The molecule has 1 saturated carbocycles. The first-order valence-electron chi connectivity index (χ1n) is 6.07. The molecule has 1 aliphatic carbocycles. The summed E-state index contributed by atoms with van der Waals surface area (Å²) in [6, 6.07) is 0.525. The van der Waals surface area contributed by atoms with Gasteiger partial charge in [-0.05, 0) is 58.0 Å². The Morgan fingerprint density at radius 2 is 1.94 bits per heavy atom. The second-order valence-electron chi connectivity index (χ2n) is 4.67. The van der Waals surface area contributed by atoms with Gasteiger partial charge in [0.25, 0.3) is 0 Å². The van der Waals surface area contributed by atoms with E-state index in [0.717, 1.165) is 8.76 Å². The van der Waals surface area contributed by atoms with Crippen LogP contribution < -0.4 is 4.80 Å². The number of hydrogen-bond acceptors (Lipinski definition) is 4. The third kappa shape index (κ3) is 3.26. The maximum atomic E-state index is 5.45. The Bertz CT molecular complexity index is 531. The molecule has 0 radical (unpaired) electrons. The van der Waals surface area contributed by atoms with Gasteiger partial charge in [0.05, 0.1) is 0 Å². The van der Waals surface area contributed by atoms with Crippen molar-refractivity contribution in [2.45, 2.75) is 38.1 Å². The zero-order chi connectivity index (χ0) is 13.1. The Kier molecular flexibility index (Phi) is 5.06. The van der Waals surface area contributed by atoms with Crippen LogP contribution in [0.3, 0.4) is 0 Å². The first-order chi connectivity index (χ1) is 8.59. The molecule has 0 atom stereocenters. The zero-order valence-electron chi connectivity index (χ0n) is 10.6. The van der Waals surface area contributed by atoms with Crippen LogP contribution in [-0.2, 0) is 0 Å². The summed E-state index contributed by atoms with van der Waals surface area (Å²) in [5.74, 6) is 0. The average Bonchev–Trinajstić information content (AvgIpc) is 2.71. The van der Waals surface area contributed by atoms with Crippen molar-refractivity contribution in [1.82, 2.24) is 9.47 Å². The fourth-order valence-corrected chi connectivity index (χ4v) is 4.87. The Morgan fingerprint density at radius 3 is 2.56 bits per heavy atom. The van der Waals surface area contributed by atoms with E-state index in [9.17, 15) is 0 Å². The number of aromatic nitrogens is 1. The lowest BCUT2D eigenvalue weighted by atomic mass is 9.95. The minimum atomic E-state index is 0.525. The Labute approximate surface area is 125 Å². The van der Waals surface area contributed by atoms with Gasteiger partial charge in [-0.1, -0.05) is 19.3 Å². The number of hydrogen-bond donors (Lipinski definition) is 0. The SMILES string of the molecule is CN(C)C(=S)N=c1ssc(=S)n1C1CCCCC1.